The molecule has 0 unspecified atom stereocenters. The van der Waals surface area contributed by atoms with E-state index in [1.54, 1.807) is 6.92 Å². The van der Waals surface area contributed by atoms with Crippen LogP contribution < -0.4 is 10.6 Å². The first-order chi connectivity index (χ1) is 9.65. The van der Waals surface area contributed by atoms with E-state index in [1.165, 1.54) is 0 Å². The summed E-state index contributed by atoms with van der Waals surface area (Å²) in [6.45, 7) is 1.89. The second kappa shape index (κ2) is 8.39. The van der Waals surface area contributed by atoms with Gasteiger partial charge in [0.1, 0.15) is 6.17 Å². The van der Waals surface area contributed by atoms with Crippen molar-refractivity contribution in [2.24, 2.45) is 5.11 Å². The van der Waals surface area contributed by atoms with Gasteiger partial charge < -0.3 is 15.4 Å². The predicted molar refractivity (Wildman–Crippen MR) is 71.8 cm³/mol. The van der Waals surface area contributed by atoms with Crippen molar-refractivity contribution in [3.05, 3.63) is 46.3 Å². The lowest BCUT2D eigenvalue weighted by molar-refractivity contribution is 0.146. The van der Waals surface area contributed by atoms with Crippen LogP contribution in [0.25, 0.3) is 10.4 Å². The van der Waals surface area contributed by atoms with Gasteiger partial charge in [-0.2, -0.15) is 0 Å². The fourth-order valence-electron chi connectivity index (χ4n) is 1.52. The second-order valence-electron chi connectivity index (χ2n) is 3.75. The molecule has 1 rings (SSSR count). The van der Waals surface area contributed by atoms with Crippen LogP contribution in [0.5, 0.6) is 0 Å². The number of ether oxygens (including phenoxy) is 1. The highest BCUT2D eigenvalue weighted by atomic mass is 16.5. The monoisotopic (exact) mass is 277 g/mol. The minimum atomic E-state index is -0.870. The molecule has 1 aromatic carbocycles. The van der Waals surface area contributed by atoms with Gasteiger partial charge >= 0.3 is 12.1 Å². The summed E-state index contributed by atoms with van der Waals surface area (Å²) >= 11 is 0. The molecular weight excluding hydrogens is 262 g/mol. The lowest BCUT2D eigenvalue weighted by Crippen LogP contribution is -2.48. The van der Waals surface area contributed by atoms with E-state index in [2.05, 4.69) is 20.7 Å². The minimum Gasteiger partial charge on any atom is -0.450 e. The summed E-state index contributed by atoms with van der Waals surface area (Å²) in [6, 6.07) is 8.36. The largest absolute Gasteiger partial charge is 0.450 e. The zero-order valence-electron chi connectivity index (χ0n) is 10.9. The molecule has 0 saturated heterocycles. The van der Waals surface area contributed by atoms with Crippen LogP contribution >= 0.6 is 0 Å². The molecule has 20 heavy (non-hydrogen) atoms. The average molecular weight is 277 g/mol. The number of hydrogen-bond donors (Lipinski definition) is 2. The Labute approximate surface area is 115 Å². The molecule has 1 atom stereocenters. The maximum Gasteiger partial charge on any atom is 0.408 e. The summed E-state index contributed by atoms with van der Waals surface area (Å²) in [6.07, 6.45) is -1.05. The number of benzene rings is 1. The molecule has 0 heterocycles. The Morgan fingerprint density at radius 3 is 2.65 bits per heavy atom. The van der Waals surface area contributed by atoms with E-state index in [4.69, 9.17) is 10.3 Å². The maximum atomic E-state index is 11.4. The molecule has 0 aromatic heterocycles. The van der Waals surface area contributed by atoms with Gasteiger partial charge in [0.2, 0.25) is 0 Å². The van der Waals surface area contributed by atoms with Crippen LogP contribution in [0.1, 0.15) is 12.5 Å². The fraction of sp³-hybridized carbons (Fsp3) is 0.333. The lowest BCUT2D eigenvalue weighted by atomic mass is 10.1. The van der Waals surface area contributed by atoms with E-state index in [0.717, 1.165) is 5.56 Å². The molecule has 0 fully saturated rings. The van der Waals surface area contributed by atoms with Crippen molar-refractivity contribution in [2.45, 2.75) is 19.5 Å². The number of nitrogens with one attached hydrogen (secondary N) is 2. The van der Waals surface area contributed by atoms with Gasteiger partial charge in [-0.25, -0.2) is 4.79 Å². The van der Waals surface area contributed by atoms with Gasteiger partial charge in [-0.15, -0.1) is 0 Å². The van der Waals surface area contributed by atoms with Gasteiger partial charge in [0, 0.05) is 16.4 Å². The van der Waals surface area contributed by atoms with Crippen molar-refractivity contribution in [2.75, 3.05) is 6.61 Å². The Morgan fingerprint density at radius 2 is 2.05 bits per heavy atom. The summed E-state index contributed by atoms with van der Waals surface area (Å²) in [4.78, 5) is 25.0. The molecule has 1 aromatic rings. The molecule has 0 bridgehead atoms. The van der Waals surface area contributed by atoms with Crippen LogP contribution in [0, 0.1) is 0 Å². The highest BCUT2D eigenvalue weighted by Gasteiger charge is 2.15. The van der Waals surface area contributed by atoms with Crippen molar-refractivity contribution in [3.63, 3.8) is 0 Å². The first kappa shape index (κ1) is 15.3. The fourth-order valence-corrected chi connectivity index (χ4v) is 1.52. The number of amides is 3. The summed E-state index contributed by atoms with van der Waals surface area (Å²) in [5, 5.41) is 7.76. The topological polar surface area (TPSA) is 116 Å². The van der Waals surface area contributed by atoms with Gasteiger partial charge in [0.25, 0.3) is 0 Å². The standard InChI is InChI=1S/C12H15N5O3/c1-2-20-12(19)15-10(14-11(18)16-17-13)8-9-6-4-3-5-7-9/h3-7,10H,2,8H2,1H3,(H,14,18)(H,15,19)/t10-/m0/s1. The van der Waals surface area contributed by atoms with E-state index >= 15 is 0 Å². The molecule has 0 radical (unpaired) electrons. The van der Waals surface area contributed by atoms with Crippen LogP contribution in [-0.2, 0) is 11.2 Å². The van der Waals surface area contributed by atoms with Crippen LogP contribution in [0.4, 0.5) is 9.59 Å². The first-order valence-electron chi connectivity index (χ1n) is 5.98. The van der Waals surface area contributed by atoms with E-state index in [-0.39, 0.29) is 6.61 Å². The van der Waals surface area contributed by atoms with Gasteiger partial charge in [-0.1, -0.05) is 30.3 Å². The van der Waals surface area contributed by atoms with Crippen molar-refractivity contribution in [1.82, 2.24) is 10.6 Å². The molecular formula is C12H15N5O3. The Bertz CT molecular complexity index is 499. The normalized spacial score (nSPS) is 10.8. The molecule has 0 saturated carbocycles. The zero-order chi connectivity index (χ0) is 14.8. The second-order valence-corrected chi connectivity index (χ2v) is 3.75. The zero-order valence-corrected chi connectivity index (χ0v) is 10.9. The van der Waals surface area contributed by atoms with Crippen LogP contribution in [0.2, 0.25) is 0 Å². The van der Waals surface area contributed by atoms with Crippen molar-refractivity contribution in [1.29, 1.82) is 0 Å². The number of rotatable bonds is 5. The third-order valence-electron chi connectivity index (χ3n) is 2.28. The van der Waals surface area contributed by atoms with E-state index < -0.39 is 18.3 Å². The van der Waals surface area contributed by atoms with Gasteiger partial charge in [0.15, 0.2) is 0 Å². The molecule has 0 aliphatic heterocycles. The Kier molecular flexibility index (Phi) is 6.43. The van der Waals surface area contributed by atoms with Gasteiger partial charge in [-0.05, 0) is 18.0 Å². The highest BCUT2D eigenvalue weighted by molar-refractivity contribution is 5.76. The maximum absolute atomic E-state index is 11.4. The molecule has 0 aliphatic carbocycles. The third kappa shape index (κ3) is 5.74. The van der Waals surface area contributed by atoms with Crippen molar-refractivity contribution >= 4 is 12.1 Å². The van der Waals surface area contributed by atoms with E-state index in [1.807, 2.05) is 30.3 Å². The van der Waals surface area contributed by atoms with Crippen LogP contribution in [0.15, 0.2) is 35.4 Å². The number of carbonyl (C=O) groups is 2. The number of azide groups is 1. The van der Waals surface area contributed by atoms with Crippen LogP contribution in [-0.4, -0.2) is 24.9 Å². The number of hydrogen-bond acceptors (Lipinski definition) is 3. The Morgan fingerprint density at radius 1 is 1.35 bits per heavy atom. The quantitative estimate of drug-likeness (QED) is 0.372. The Hall–Kier alpha value is -2.73. The lowest BCUT2D eigenvalue weighted by Gasteiger charge is -2.18. The predicted octanol–water partition coefficient (Wildman–Crippen LogP) is 2.32. The van der Waals surface area contributed by atoms with E-state index in [9.17, 15) is 9.59 Å². The van der Waals surface area contributed by atoms with Gasteiger partial charge in [0.05, 0.1) is 6.61 Å². The number of urea groups is 1. The molecule has 3 amide bonds. The molecule has 106 valence electrons. The van der Waals surface area contributed by atoms with Crippen LogP contribution in [0.3, 0.4) is 0 Å². The summed E-state index contributed by atoms with van der Waals surface area (Å²) in [5.74, 6) is 0. The van der Waals surface area contributed by atoms with Crippen molar-refractivity contribution in [3.8, 4) is 0 Å². The molecule has 8 nitrogen and oxygen atoms in total. The Balaban J connectivity index is 2.70. The SMILES string of the molecule is CCOC(=O)N[C@@H](Cc1ccccc1)NC(=O)N=[N+]=[N-]. The first-order valence-corrected chi connectivity index (χ1v) is 5.98. The average Bonchev–Trinajstić information content (AvgIpc) is 2.40. The highest BCUT2D eigenvalue weighted by Crippen LogP contribution is 2.02. The molecule has 8 heteroatoms. The van der Waals surface area contributed by atoms with Gasteiger partial charge in [-0.3, -0.25) is 4.79 Å². The molecule has 0 spiro atoms. The van der Waals surface area contributed by atoms with E-state index in [0.29, 0.717) is 6.42 Å². The number of nitrogens with zero attached hydrogens (tertiary/aromatic N) is 3. The minimum absolute atomic E-state index is 0.216. The number of alkyl carbamates (subject to hydrolysis) is 1. The molecule has 2 N–H and O–H groups in total. The summed E-state index contributed by atoms with van der Waals surface area (Å²) in [7, 11) is 0. The summed E-state index contributed by atoms with van der Waals surface area (Å²) in [5.41, 5.74) is 9.09. The summed E-state index contributed by atoms with van der Waals surface area (Å²) < 4.78 is 4.75. The van der Waals surface area contributed by atoms with Crippen molar-refractivity contribution < 1.29 is 14.3 Å². The smallest absolute Gasteiger partial charge is 0.408 e. The molecule has 0 aliphatic rings. The number of carbonyl (C=O) groups excluding carboxylic acids is 2. The third-order valence-corrected chi connectivity index (χ3v) is 2.28.